The third-order valence-corrected chi connectivity index (χ3v) is 13.2. The summed E-state index contributed by atoms with van der Waals surface area (Å²) >= 11 is 2.35. The SMILES string of the molecule is CN(C)[C@@H]1C(O)=C(C(N)=O)C(=O)[C@@]2(O)C(O)=C3C(=O)c4c(O)cccc4[C@@](C)(O)[C@H]3C[C@@H]12.CO/N=C(/C(=O)N[C@@H]1C(=O)N2C(C(=O)O)=C(COC(C)=O)CS[C@H]12)c1csc(N)n1. The van der Waals surface area contributed by atoms with Gasteiger partial charge in [0, 0.05) is 41.0 Å². The fraction of sp³-hybridized carbons (Fsp3) is 0.395. The number of benzene rings is 1. The van der Waals surface area contributed by atoms with Gasteiger partial charge in [-0.2, -0.15) is 0 Å². The van der Waals surface area contributed by atoms with Gasteiger partial charge in [-0.25, -0.2) is 9.78 Å². The normalized spacial score (nSPS) is 27.9. The number of aliphatic hydroxyl groups excluding tert-OH is 2. The number of anilines is 1. The molecular formula is C38H41N7O15S2. The van der Waals surface area contributed by atoms with Crippen molar-refractivity contribution in [3.63, 3.8) is 0 Å². The molecule has 3 aliphatic carbocycles. The first-order chi connectivity index (χ1) is 29.0. The maximum atomic E-state index is 13.3. The van der Waals surface area contributed by atoms with E-state index in [0.29, 0.717) is 5.57 Å². The Morgan fingerprint density at radius 2 is 1.81 bits per heavy atom. The minimum atomic E-state index is -2.75. The van der Waals surface area contributed by atoms with Crippen LogP contribution >= 0.6 is 23.1 Å². The number of carbonyl (C=O) groups excluding carboxylic acids is 6. The van der Waals surface area contributed by atoms with Crippen molar-refractivity contribution in [2.45, 2.75) is 48.9 Å². The number of β-lactam (4-membered cyclic amide) rings is 1. The molecule has 22 nitrogen and oxygen atoms in total. The Bertz CT molecular complexity index is 2460. The molecule has 1 saturated heterocycles. The molecule has 1 fully saturated rings. The van der Waals surface area contributed by atoms with E-state index in [-0.39, 0.29) is 52.1 Å². The summed E-state index contributed by atoms with van der Waals surface area (Å²) in [4.78, 5) is 97.6. The predicted molar refractivity (Wildman–Crippen MR) is 216 cm³/mol. The monoisotopic (exact) mass is 899 g/mol. The number of nitrogens with one attached hydrogen (secondary N) is 1. The van der Waals surface area contributed by atoms with E-state index >= 15 is 0 Å². The molecule has 62 heavy (non-hydrogen) atoms. The van der Waals surface area contributed by atoms with Crippen LogP contribution in [0.25, 0.3) is 0 Å². The lowest BCUT2D eigenvalue weighted by atomic mass is 9.55. The Labute approximate surface area is 359 Å². The maximum absolute atomic E-state index is 13.3. The Morgan fingerprint density at radius 1 is 1.13 bits per heavy atom. The number of fused-ring (bicyclic) bond motifs is 4. The number of amides is 3. The number of oxime groups is 1. The summed E-state index contributed by atoms with van der Waals surface area (Å²) in [6.45, 7) is 2.38. The minimum absolute atomic E-state index is 0.135. The topological polar surface area (TPSA) is 355 Å². The number of aliphatic carboxylic acids is 1. The number of nitrogen functional groups attached to an aromatic ring is 1. The Kier molecular flexibility index (Phi) is 12.0. The van der Waals surface area contributed by atoms with Crippen molar-refractivity contribution >= 4 is 75.2 Å². The van der Waals surface area contributed by atoms with Crippen molar-refractivity contribution in [2.75, 3.05) is 39.3 Å². The molecule has 0 saturated carbocycles. The lowest BCUT2D eigenvalue weighted by Crippen LogP contribution is -2.71. The number of phenols is 1. The number of thioether (sulfide) groups is 1. The molecule has 3 amide bonds. The van der Waals surface area contributed by atoms with Crippen molar-refractivity contribution in [2.24, 2.45) is 22.7 Å². The molecule has 7 atom stereocenters. The number of phenolic OH excluding ortho intramolecular Hbond substituents is 1. The molecule has 24 heteroatoms. The number of aliphatic hydroxyl groups is 4. The lowest BCUT2D eigenvalue weighted by molar-refractivity contribution is -0.152. The van der Waals surface area contributed by atoms with Gasteiger partial charge in [0.1, 0.15) is 59.4 Å². The average Bonchev–Trinajstić information content (AvgIpc) is 3.63. The highest BCUT2D eigenvalue weighted by Crippen LogP contribution is 2.56. The van der Waals surface area contributed by atoms with Crippen molar-refractivity contribution in [1.82, 2.24) is 20.1 Å². The Balaban J connectivity index is 0.000000207. The quantitative estimate of drug-likeness (QED) is 0.0487. The smallest absolute Gasteiger partial charge is 0.352 e. The molecule has 0 bridgehead atoms. The van der Waals surface area contributed by atoms with Crippen LogP contribution in [-0.4, -0.2) is 149 Å². The van der Waals surface area contributed by atoms with E-state index in [1.807, 2.05) is 0 Å². The highest BCUT2D eigenvalue weighted by molar-refractivity contribution is 8.00. The molecular weight excluding hydrogens is 859 g/mol. The first-order valence-corrected chi connectivity index (χ1v) is 20.3. The Morgan fingerprint density at radius 3 is 2.37 bits per heavy atom. The predicted octanol–water partition coefficient (Wildman–Crippen LogP) is -0.837. The summed E-state index contributed by atoms with van der Waals surface area (Å²) in [5, 5.41) is 71.9. The number of thiazole rings is 1. The molecule has 0 spiro atoms. The van der Waals surface area contributed by atoms with Gasteiger partial charge in [0.05, 0.1) is 17.2 Å². The molecule has 5 aliphatic rings. The van der Waals surface area contributed by atoms with E-state index in [2.05, 4.69) is 20.3 Å². The summed E-state index contributed by atoms with van der Waals surface area (Å²) < 4.78 is 4.88. The fourth-order valence-corrected chi connectivity index (χ4v) is 10.3. The molecule has 1 aromatic heterocycles. The van der Waals surface area contributed by atoms with Crippen molar-refractivity contribution in [3.05, 3.63) is 74.3 Å². The van der Waals surface area contributed by atoms with Gasteiger partial charge in [0.2, 0.25) is 5.78 Å². The Hall–Kier alpha value is -6.34. The molecule has 0 unspecified atom stereocenters. The molecule has 0 radical (unpaired) electrons. The second-order valence-corrected chi connectivity index (χ2v) is 17.0. The summed E-state index contributed by atoms with van der Waals surface area (Å²) in [7, 11) is 4.32. The van der Waals surface area contributed by atoms with E-state index < -0.39 is 110 Å². The van der Waals surface area contributed by atoms with Crippen molar-refractivity contribution in [1.29, 1.82) is 0 Å². The van der Waals surface area contributed by atoms with Gasteiger partial charge in [-0.15, -0.1) is 23.1 Å². The van der Waals surface area contributed by atoms with Crippen LogP contribution < -0.4 is 16.8 Å². The van der Waals surface area contributed by atoms with Crippen molar-refractivity contribution in [3.8, 4) is 5.75 Å². The number of nitrogens with zero attached hydrogens (tertiary/aromatic N) is 4. The number of carbonyl (C=O) groups is 7. The van der Waals surface area contributed by atoms with Crippen molar-refractivity contribution < 1.29 is 73.8 Å². The van der Waals surface area contributed by atoms with Gasteiger partial charge in [-0.1, -0.05) is 17.3 Å². The number of hydrogen-bond acceptors (Lipinski definition) is 20. The van der Waals surface area contributed by atoms with Gasteiger partial charge in [0.15, 0.2) is 22.2 Å². The van der Waals surface area contributed by atoms with E-state index in [4.69, 9.17) is 16.2 Å². The highest BCUT2D eigenvalue weighted by atomic mass is 32.2. The van der Waals surface area contributed by atoms with Crippen LogP contribution in [-0.2, 0) is 43.9 Å². The lowest BCUT2D eigenvalue weighted by Gasteiger charge is -2.52. The highest BCUT2D eigenvalue weighted by Gasteiger charge is 2.65. The van der Waals surface area contributed by atoms with Crippen LogP contribution in [0.4, 0.5) is 5.13 Å². The van der Waals surface area contributed by atoms with Crippen LogP contribution in [0.2, 0.25) is 0 Å². The van der Waals surface area contributed by atoms with Crippen LogP contribution in [0.15, 0.2) is 62.7 Å². The maximum Gasteiger partial charge on any atom is 0.352 e. The zero-order valence-corrected chi connectivity index (χ0v) is 35.1. The number of aromatic nitrogens is 1. The largest absolute Gasteiger partial charge is 0.510 e. The van der Waals surface area contributed by atoms with E-state index in [1.165, 1.54) is 75.3 Å². The zero-order valence-electron chi connectivity index (χ0n) is 33.4. The van der Waals surface area contributed by atoms with Gasteiger partial charge >= 0.3 is 11.9 Å². The molecule has 2 aliphatic heterocycles. The number of likely N-dealkylation sites (N-methyl/N-ethyl adjacent to an activating group) is 1. The number of Topliss-reactive ketones (excluding diaryl/α,β-unsaturated/α-hetero) is 2. The zero-order chi connectivity index (χ0) is 45.9. The molecule has 330 valence electrons. The summed E-state index contributed by atoms with van der Waals surface area (Å²) in [5.41, 5.74) is 5.01. The first-order valence-electron chi connectivity index (χ1n) is 18.4. The number of nitrogens with two attached hydrogens (primary N) is 2. The third kappa shape index (κ3) is 7.21. The fourth-order valence-electron chi connectivity index (χ4n) is 8.39. The van der Waals surface area contributed by atoms with Crippen LogP contribution in [0.3, 0.4) is 0 Å². The molecule has 1 aromatic carbocycles. The number of primary amides is 1. The van der Waals surface area contributed by atoms with E-state index in [9.17, 15) is 64.2 Å². The molecule has 3 heterocycles. The molecule has 11 N–H and O–H groups in total. The number of aromatic hydroxyl groups is 1. The number of ether oxygens (including phenoxy) is 1. The number of rotatable bonds is 9. The third-order valence-electron chi connectivity index (χ3n) is 11.2. The number of esters is 1. The first kappa shape index (κ1) is 45.2. The number of ketones is 2. The summed E-state index contributed by atoms with van der Waals surface area (Å²) in [5.74, 6) is -10.9. The van der Waals surface area contributed by atoms with Crippen LogP contribution in [0, 0.1) is 11.8 Å². The van der Waals surface area contributed by atoms with E-state index in [0.717, 1.165) is 16.2 Å². The van der Waals surface area contributed by atoms with Crippen LogP contribution in [0.5, 0.6) is 5.75 Å². The van der Waals surface area contributed by atoms with Gasteiger partial charge in [0.25, 0.3) is 17.7 Å². The number of hydrogen-bond donors (Lipinski definition) is 9. The number of carboxylic acids is 1. The summed E-state index contributed by atoms with van der Waals surface area (Å²) in [6.07, 6.45) is -0.200. The van der Waals surface area contributed by atoms with E-state index in [1.54, 1.807) is 0 Å². The van der Waals surface area contributed by atoms with Gasteiger partial charge < -0.3 is 57.0 Å². The second kappa shape index (κ2) is 16.5. The molecule has 2 aromatic rings. The molecule has 7 rings (SSSR count). The van der Waals surface area contributed by atoms with Crippen LogP contribution in [0.1, 0.15) is 41.9 Å². The van der Waals surface area contributed by atoms with Gasteiger partial charge in [-0.05, 0) is 39.1 Å². The second-order valence-electron chi connectivity index (χ2n) is 15.1. The minimum Gasteiger partial charge on any atom is -0.510 e. The summed E-state index contributed by atoms with van der Waals surface area (Å²) in [6, 6.07) is 2.08. The van der Waals surface area contributed by atoms with Gasteiger partial charge in [-0.3, -0.25) is 38.6 Å². The average molecular weight is 900 g/mol. The standard InChI is InChI=1S/C22H24N2O8.C16H17N5O7S2/c1-21(31)8-5-4-6-11(25)12(8)16(26)13-9(21)7-10-15(24(2)3)17(27)14(20(23)30)19(29)22(10,32)18(13)28;1-6(22)28-3-7-4-29-14-10(13(24)21(14)11(7)15(25)26)19-12(23)9(20-27-2)8-5-30-16(17)18-8/h4-6,9-10,15,25,27-28,31-32H,7H2,1-3H3,(H2,23,30);5,10,14H,3-4H2,1-2H3,(H2,17,18)(H,19,23)(H,25,26)/b;20-9+/t9-,10-,15-,21+,22-;10-,14-/m01/s1. The number of carboxylic acid groups (broad SMARTS) is 1.